The van der Waals surface area contributed by atoms with E-state index in [0.29, 0.717) is 35.1 Å². The van der Waals surface area contributed by atoms with E-state index in [1.54, 1.807) is 18.2 Å². The number of halogens is 9. The first-order valence-electron chi connectivity index (χ1n) is 12.2. The molecule has 3 heterocycles. The van der Waals surface area contributed by atoms with Crippen molar-refractivity contribution in [2.45, 2.75) is 55.0 Å². The van der Waals surface area contributed by atoms with Gasteiger partial charge in [-0.2, -0.15) is 26.3 Å². The summed E-state index contributed by atoms with van der Waals surface area (Å²) in [6, 6.07) is 6.69. The van der Waals surface area contributed by atoms with Crippen LogP contribution in [0.4, 0.5) is 30.7 Å². The van der Waals surface area contributed by atoms with Crippen molar-refractivity contribution in [3.63, 3.8) is 0 Å². The van der Waals surface area contributed by atoms with Crippen LogP contribution in [0.25, 0.3) is 0 Å². The van der Waals surface area contributed by atoms with Crippen molar-refractivity contribution in [2.24, 2.45) is 9.81 Å². The lowest BCUT2D eigenvalue weighted by atomic mass is 9.66. The number of nitrogens with zero attached hydrogens (tertiary/aromatic N) is 2. The number of ether oxygens (including phenoxy) is 1. The first-order chi connectivity index (χ1) is 18.6. The molecule has 2 aromatic carbocycles. The molecule has 1 saturated carbocycles. The number of benzene rings is 2. The summed E-state index contributed by atoms with van der Waals surface area (Å²) in [7, 11) is 0. The Bertz CT molecular complexity index is 1430. The van der Waals surface area contributed by atoms with E-state index in [-0.39, 0.29) is 43.8 Å². The minimum absolute atomic E-state index is 0.0317. The monoisotopic (exact) mass is 626 g/mol. The molecule has 4 aliphatic rings. The number of likely N-dealkylation sites (tertiary alicyclic amines) is 1. The van der Waals surface area contributed by atoms with Gasteiger partial charge < -0.3 is 9.64 Å². The third-order valence-corrected chi connectivity index (χ3v) is 10.2. The van der Waals surface area contributed by atoms with E-state index in [4.69, 9.17) is 27.9 Å². The van der Waals surface area contributed by atoms with Crippen molar-refractivity contribution in [3.05, 3.63) is 68.4 Å². The lowest BCUT2D eigenvalue weighted by Gasteiger charge is -2.52. The second-order valence-corrected chi connectivity index (χ2v) is 12.5. The second-order valence-electron chi connectivity index (χ2n) is 10.6. The largest absolute Gasteiger partial charge is 0.409 e. The standard InChI is InChI=1S/C26H19Cl2F7N2O2S/c27-17-7-15(8-18(28)20(17)29)24(26(33,34)35)9-19(36-40-24)13-2-3-16-14(6-13)10-39-23(16)11-37(12-23)21(38)22(4-1-5-22)25(30,31)32/h2-3,6-8H,1,4-5,9-12H2. The van der Waals surface area contributed by atoms with Crippen molar-refractivity contribution in [1.82, 2.24) is 4.90 Å². The highest BCUT2D eigenvalue weighted by Gasteiger charge is 2.67. The summed E-state index contributed by atoms with van der Waals surface area (Å²) < 4.78 is 106. The van der Waals surface area contributed by atoms with E-state index >= 15 is 0 Å². The molecule has 2 aromatic rings. The van der Waals surface area contributed by atoms with Crippen LogP contribution in [-0.4, -0.2) is 42.0 Å². The molecule has 1 unspecified atom stereocenters. The third kappa shape index (κ3) is 3.92. The van der Waals surface area contributed by atoms with Gasteiger partial charge in [-0.3, -0.25) is 4.79 Å². The lowest BCUT2D eigenvalue weighted by molar-refractivity contribution is -0.256. The summed E-state index contributed by atoms with van der Waals surface area (Å²) in [6.45, 7) is 0.0236. The molecule has 214 valence electrons. The Morgan fingerprint density at radius 1 is 1.00 bits per heavy atom. The van der Waals surface area contributed by atoms with Gasteiger partial charge in [-0.25, -0.2) is 8.79 Å². The van der Waals surface area contributed by atoms with Gasteiger partial charge in [-0.15, -0.1) is 0 Å². The average molecular weight is 627 g/mol. The van der Waals surface area contributed by atoms with E-state index in [0.717, 1.165) is 12.1 Å². The summed E-state index contributed by atoms with van der Waals surface area (Å²) >= 11 is 11.9. The molecule has 1 amide bonds. The van der Waals surface area contributed by atoms with Gasteiger partial charge in [0.2, 0.25) is 5.91 Å². The molecule has 3 aliphatic heterocycles. The summed E-state index contributed by atoms with van der Waals surface area (Å²) in [5.41, 5.74) is -1.72. The fraction of sp³-hybridized carbons (Fsp3) is 0.462. The number of fused-ring (bicyclic) bond motifs is 2. The van der Waals surface area contributed by atoms with Crippen molar-refractivity contribution < 1.29 is 40.3 Å². The van der Waals surface area contributed by atoms with Gasteiger partial charge in [0.25, 0.3) is 0 Å². The Hall–Kier alpha value is -2.02. The zero-order valence-corrected chi connectivity index (χ0v) is 22.7. The Morgan fingerprint density at radius 2 is 1.65 bits per heavy atom. The second kappa shape index (κ2) is 8.99. The number of hydrogen-bond donors (Lipinski definition) is 0. The predicted molar refractivity (Wildman–Crippen MR) is 135 cm³/mol. The van der Waals surface area contributed by atoms with Crippen LogP contribution in [0.15, 0.2) is 34.7 Å². The van der Waals surface area contributed by atoms with Gasteiger partial charge in [-0.05, 0) is 65.2 Å². The van der Waals surface area contributed by atoms with Crippen LogP contribution in [0.1, 0.15) is 47.9 Å². The fourth-order valence-corrected chi connectivity index (χ4v) is 7.36. The van der Waals surface area contributed by atoms with Crippen molar-refractivity contribution >= 4 is 46.8 Å². The van der Waals surface area contributed by atoms with Crippen LogP contribution in [-0.2, 0) is 26.5 Å². The first-order valence-corrected chi connectivity index (χ1v) is 13.8. The molecule has 2 fully saturated rings. The normalized spacial score (nSPS) is 24.9. The predicted octanol–water partition coefficient (Wildman–Crippen LogP) is 7.73. The SMILES string of the molecule is O=C(N1CC2(C1)OCc1cc(C3=NSC(c4cc(Cl)c(F)c(Cl)c4)(C(F)(F)F)C3)ccc12)C1(C(F)(F)F)CCC1. The van der Waals surface area contributed by atoms with E-state index < -0.39 is 56.3 Å². The molecule has 4 nitrogen and oxygen atoms in total. The maximum atomic E-state index is 14.4. The molecular weight excluding hydrogens is 608 g/mol. The quantitative estimate of drug-likeness (QED) is 0.199. The molecule has 0 radical (unpaired) electrons. The lowest BCUT2D eigenvalue weighted by Crippen LogP contribution is -2.67. The van der Waals surface area contributed by atoms with Gasteiger partial charge in [0.15, 0.2) is 10.6 Å². The number of alkyl halides is 6. The van der Waals surface area contributed by atoms with Gasteiger partial charge in [-0.1, -0.05) is 41.8 Å². The van der Waals surface area contributed by atoms with E-state index in [9.17, 15) is 35.5 Å². The van der Waals surface area contributed by atoms with Crippen molar-refractivity contribution in [3.8, 4) is 0 Å². The first kappa shape index (κ1) is 28.1. The zero-order chi connectivity index (χ0) is 28.9. The smallest absolute Gasteiger partial charge is 0.362 e. The summed E-state index contributed by atoms with van der Waals surface area (Å²) in [5.74, 6) is -1.95. The number of amides is 1. The van der Waals surface area contributed by atoms with Gasteiger partial charge in [0.1, 0.15) is 11.0 Å². The van der Waals surface area contributed by atoms with E-state index in [2.05, 4.69) is 4.40 Å². The molecule has 14 heteroatoms. The highest BCUT2D eigenvalue weighted by molar-refractivity contribution is 7.99. The number of carbonyl (C=O) groups is 1. The van der Waals surface area contributed by atoms with Crippen LogP contribution in [0.5, 0.6) is 0 Å². The average Bonchev–Trinajstić information content (AvgIpc) is 3.42. The summed E-state index contributed by atoms with van der Waals surface area (Å²) in [5, 5.41) is -1.07. The summed E-state index contributed by atoms with van der Waals surface area (Å²) in [4.78, 5) is 13.9. The van der Waals surface area contributed by atoms with Crippen LogP contribution in [0.3, 0.4) is 0 Å². The number of rotatable bonds is 3. The highest BCUT2D eigenvalue weighted by atomic mass is 35.5. The van der Waals surface area contributed by atoms with Gasteiger partial charge in [0, 0.05) is 6.42 Å². The van der Waals surface area contributed by atoms with Crippen LogP contribution >= 0.6 is 35.1 Å². The molecule has 40 heavy (non-hydrogen) atoms. The Morgan fingerprint density at radius 3 is 2.20 bits per heavy atom. The fourth-order valence-electron chi connectivity index (χ4n) is 5.91. The molecule has 0 bridgehead atoms. The highest BCUT2D eigenvalue weighted by Crippen LogP contribution is 2.58. The number of carbonyl (C=O) groups excluding carboxylic acids is 1. The molecule has 0 aromatic heterocycles. The van der Waals surface area contributed by atoms with Gasteiger partial charge in [0.05, 0.1) is 35.5 Å². The number of hydrogen-bond acceptors (Lipinski definition) is 4. The van der Waals surface area contributed by atoms with E-state index in [1.807, 2.05) is 0 Å². The molecule has 1 saturated heterocycles. The molecule has 6 rings (SSSR count). The Balaban J connectivity index is 1.23. The minimum Gasteiger partial charge on any atom is -0.362 e. The molecular formula is C26H19Cl2F7N2O2S. The third-order valence-electron chi connectivity index (χ3n) is 8.41. The molecule has 1 atom stereocenters. The summed E-state index contributed by atoms with van der Waals surface area (Å²) in [6.07, 6.45) is -10.1. The maximum Gasteiger partial charge on any atom is 0.409 e. The molecule has 1 spiro atoms. The van der Waals surface area contributed by atoms with Crippen LogP contribution in [0.2, 0.25) is 10.0 Å². The van der Waals surface area contributed by atoms with E-state index in [1.165, 1.54) is 4.90 Å². The maximum absolute atomic E-state index is 14.4. The Kier molecular flexibility index (Phi) is 6.32. The zero-order valence-electron chi connectivity index (χ0n) is 20.4. The van der Waals surface area contributed by atoms with Crippen molar-refractivity contribution in [2.75, 3.05) is 13.1 Å². The van der Waals surface area contributed by atoms with Crippen LogP contribution < -0.4 is 0 Å². The van der Waals surface area contributed by atoms with Gasteiger partial charge >= 0.3 is 12.4 Å². The topological polar surface area (TPSA) is 41.9 Å². The van der Waals surface area contributed by atoms with Crippen LogP contribution in [0, 0.1) is 11.2 Å². The molecule has 0 N–H and O–H groups in total. The van der Waals surface area contributed by atoms with Crippen molar-refractivity contribution in [1.29, 1.82) is 0 Å². The minimum atomic E-state index is -4.78. The molecule has 1 aliphatic carbocycles. The Labute approximate surface area is 238 Å².